The molecule has 3 nitrogen and oxygen atoms in total. The molecule has 0 aliphatic carbocycles. The molecule has 0 unspecified atom stereocenters. The average Bonchev–Trinajstić information content (AvgIpc) is 2.55. The van der Waals surface area contributed by atoms with Crippen molar-refractivity contribution < 1.29 is 35.5 Å². The molecule has 0 aliphatic rings. The van der Waals surface area contributed by atoms with Gasteiger partial charge in [-0.05, 0) is 29.8 Å². The van der Waals surface area contributed by atoms with Crippen LogP contribution in [-0.4, -0.2) is 24.4 Å². The summed E-state index contributed by atoms with van der Waals surface area (Å²) in [6.07, 6.45) is -5.76. The van der Waals surface area contributed by atoms with Gasteiger partial charge in [-0.1, -0.05) is 30.3 Å². The Morgan fingerprint density at radius 2 is 1.42 bits per heavy atom. The molecule has 2 rings (SSSR count). The molecule has 0 saturated heterocycles. The number of halogens is 7. The number of ether oxygens (including phenoxy) is 1. The number of alkyl halides is 7. The molecule has 0 heterocycles. The summed E-state index contributed by atoms with van der Waals surface area (Å²) in [6.45, 7) is 0. The minimum Gasteiger partial charge on any atom is -0.457 e. The van der Waals surface area contributed by atoms with Crippen molar-refractivity contribution in [2.75, 3.05) is 0 Å². The van der Waals surface area contributed by atoms with Gasteiger partial charge in [0.1, 0.15) is 11.5 Å². The van der Waals surface area contributed by atoms with Gasteiger partial charge in [-0.3, -0.25) is 0 Å². The van der Waals surface area contributed by atoms with Crippen LogP contribution >= 0.6 is 0 Å². The smallest absolute Gasteiger partial charge is 0.457 e. The maximum absolute atomic E-state index is 13.0. The maximum Gasteiger partial charge on any atom is 0.462 e. The zero-order valence-corrected chi connectivity index (χ0v) is 12.8. The largest absolute Gasteiger partial charge is 0.462 e. The lowest BCUT2D eigenvalue weighted by atomic mass is 10.2. The van der Waals surface area contributed by atoms with E-state index in [0.29, 0.717) is 17.4 Å². The van der Waals surface area contributed by atoms with Gasteiger partial charge in [0.05, 0.1) is 6.21 Å². The van der Waals surface area contributed by atoms with Crippen LogP contribution in [-0.2, 0) is 0 Å². The molecule has 0 aromatic heterocycles. The number of rotatable bonds is 6. The number of nitrogens with zero attached hydrogens (tertiary/aromatic N) is 1. The summed E-state index contributed by atoms with van der Waals surface area (Å²) in [5.74, 6) is -5.51. The molecule has 0 spiro atoms. The van der Waals surface area contributed by atoms with Crippen molar-refractivity contribution >= 4 is 6.21 Å². The summed E-state index contributed by atoms with van der Waals surface area (Å²) in [4.78, 5) is 0. The Balaban J connectivity index is 2.08. The fraction of sp³-hybridized carbons (Fsp3) is 0.188. The number of benzene rings is 2. The first-order valence-corrected chi connectivity index (χ1v) is 6.98. The lowest BCUT2D eigenvalue weighted by molar-refractivity contribution is -0.361. The topological polar surface area (TPSA) is 33.6 Å². The molecule has 10 heteroatoms. The van der Waals surface area contributed by atoms with E-state index in [0.717, 1.165) is 0 Å². The monoisotopic (exact) mass is 380 g/mol. The molecule has 2 aromatic carbocycles. The summed E-state index contributed by atoms with van der Waals surface area (Å²) in [7, 11) is 0. The Hall–Kier alpha value is -2.78. The van der Waals surface area contributed by atoms with E-state index in [2.05, 4.69) is 5.10 Å². The summed E-state index contributed by atoms with van der Waals surface area (Å²) in [6, 6.07) is 8.58. The molecule has 0 radical (unpaired) electrons. The molecule has 2 aromatic rings. The normalized spacial score (nSPS) is 13.0. The van der Waals surface area contributed by atoms with Crippen molar-refractivity contribution in [1.29, 1.82) is 0 Å². The Labute approximate surface area is 143 Å². The predicted octanol–water partition coefficient (Wildman–Crippen LogP) is 5.19. The second-order valence-corrected chi connectivity index (χ2v) is 5.00. The summed E-state index contributed by atoms with van der Waals surface area (Å²) in [5.41, 5.74) is 0.685. The Bertz CT molecular complexity index is 761. The molecule has 0 bridgehead atoms. The first-order chi connectivity index (χ1) is 12.0. The number of nitrogens with one attached hydrogen (secondary N) is 1. The minimum atomic E-state index is -6.43. The van der Waals surface area contributed by atoms with Crippen molar-refractivity contribution in [3.8, 4) is 11.5 Å². The molecule has 0 fully saturated rings. The fourth-order valence-corrected chi connectivity index (χ4v) is 1.72. The van der Waals surface area contributed by atoms with Crippen LogP contribution in [0.3, 0.4) is 0 Å². The van der Waals surface area contributed by atoms with Crippen LogP contribution in [0.4, 0.5) is 30.7 Å². The van der Waals surface area contributed by atoms with Crippen LogP contribution in [0.5, 0.6) is 11.5 Å². The van der Waals surface area contributed by atoms with E-state index in [9.17, 15) is 30.7 Å². The second-order valence-electron chi connectivity index (χ2n) is 5.00. The van der Waals surface area contributed by atoms with Crippen LogP contribution in [0.2, 0.25) is 0 Å². The van der Waals surface area contributed by atoms with Crippen molar-refractivity contribution in [1.82, 2.24) is 5.43 Å². The molecule has 0 saturated carbocycles. The number of hydrazone groups is 1. The second kappa shape index (κ2) is 7.22. The number of hydrogen-bond donors (Lipinski definition) is 1. The summed E-state index contributed by atoms with van der Waals surface area (Å²) in [5, 5.41) is 2.78. The highest BCUT2D eigenvalue weighted by molar-refractivity contribution is 5.80. The lowest BCUT2D eigenvalue weighted by Gasteiger charge is -2.27. The molecular formula is C16H11F7N2O. The Kier molecular flexibility index (Phi) is 5.43. The van der Waals surface area contributed by atoms with Crippen LogP contribution in [0.15, 0.2) is 59.7 Å². The third kappa shape index (κ3) is 4.44. The third-order valence-electron chi connectivity index (χ3n) is 3.01. The van der Waals surface area contributed by atoms with Crippen molar-refractivity contribution in [2.24, 2.45) is 5.10 Å². The van der Waals surface area contributed by atoms with E-state index in [1.165, 1.54) is 24.3 Å². The van der Waals surface area contributed by atoms with Gasteiger partial charge in [0, 0.05) is 0 Å². The zero-order chi connectivity index (χ0) is 19.4. The standard InChI is InChI=1S/C16H11F7N2O/c17-14(18,15(19,20)21)16(22,23)25-24-10-11-5-4-8-13(9-11)26-12-6-2-1-3-7-12/h1-10,25H/b24-10+. The quantitative estimate of drug-likeness (QED) is 0.324. The van der Waals surface area contributed by atoms with E-state index in [1.54, 1.807) is 30.3 Å². The SMILES string of the molecule is FC(F)(F)C(F)(F)C(F)(F)N/N=C/c1cccc(Oc2ccccc2)c1. The Morgan fingerprint density at radius 1 is 0.808 bits per heavy atom. The maximum atomic E-state index is 13.0. The van der Waals surface area contributed by atoms with Gasteiger partial charge < -0.3 is 4.74 Å². The van der Waals surface area contributed by atoms with Gasteiger partial charge in [-0.2, -0.15) is 35.8 Å². The van der Waals surface area contributed by atoms with Gasteiger partial charge in [0.15, 0.2) is 0 Å². The van der Waals surface area contributed by atoms with E-state index in [4.69, 9.17) is 4.74 Å². The molecule has 0 aliphatic heterocycles. The van der Waals surface area contributed by atoms with Gasteiger partial charge in [-0.15, -0.1) is 0 Å². The van der Waals surface area contributed by atoms with Crippen LogP contribution < -0.4 is 10.2 Å². The number of para-hydroxylation sites is 1. The molecule has 0 atom stereocenters. The Morgan fingerprint density at radius 3 is 2.04 bits per heavy atom. The van der Waals surface area contributed by atoms with E-state index < -0.39 is 18.1 Å². The average molecular weight is 380 g/mol. The van der Waals surface area contributed by atoms with Gasteiger partial charge in [0.25, 0.3) is 0 Å². The van der Waals surface area contributed by atoms with E-state index >= 15 is 0 Å². The molecule has 26 heavy (non-hydrogen) atoms. The molecule has 0 amide bonds. The molecule has 140 valence electrons. The highest BCUT2D eigenvalue weighted by Crippen LogP contribution is 2.44. The van der Waals surface area contributed by atoms with E-state index in [-0.39, 0.29) is 11.3 Å². The van der Waals surface area contributed by atoms with Gasteiger partial charge >= 0.3 is 18.1 Å². The third-order valence-corrected chi connectivity index (χ3v) is 3.01. The molecule has 1 N–H and O–H groups in total. The predicted molar refractivity (Wildman–Crippen MR) is 79.6 cm³/mol. The first kappa shape index (κ1) is 19.5. The van der Waals surface area contributed by atoms with Crippen LogP contribution in [0.1, 0.15) is 5.56 Å². The first-order valence-electron chi connectivity index (χ1n) is 6.98. The summed E-state index contributed by atoms with van der Waals surface area (Å²) < 4.78 is 93.0. The van der Waals surface area contributed by atoms with Crippen molar-refractivity contribution in [3.05, 3.63) is 60.2 Å². The highest BCUT2D eigenvalue weighted by atomic mass is 19.4. The summed E-state index contributed by atoms with van der Waals surface area (Å²) >= 11 is 0. The van der Waals surface area contributed by atoms with Gasteiger partial charge in [-0.25, -0.2) is 5.43 Å². The van der Waals surface area contributed by atoms with Crippen LogP contribution in [0.25, 0.3) is 0 Å². The zero-order valence-electron chi connectivity index (χ0n) is 12.8. The molecular weight excluding hydrogens is 369 g/mol. The van der Waals surface area contributed by atoms with E-state index in [1.807, 2.05) is 0 Å². The van der Waals surface area contributed by atoms with Crippen molar-refractivity contribution in [3.63, 3.8) is 0 Å². The van der Waals surface area contributed by atoms with Gasteiger partial charge in [0.2, 0.25) is 0 Å². The lowest BCUT2D eigenvalue weighted by Crippen LogP contribution is -2.58. The van der Waals surface area contributed by atoms with Crippen LogP contribution in [0, 0.1) is 0 Å². The highest BCUT2D eigenvalue weighted by Gasteiger charge is 2.73. The number of hydrogen-bond acceptors (Lipinski definition) is 3. The van der Waals surface area contributed by atoms with Crippen molar-refractivity contribution in [2.45, 2.75) is 18.1 Å². The minimum absolute atomic E-state index is 0.136. The fourth-order valence-electron chi connectivity index (χ4n) is 1.72.